The lowest BCUT2D eigenvalue weighted by atomic mass is 10.4. The second kappa shape index (κ2) is 4.83. The summed E-state index contributed by atoms with van der Waals surface area (Å²) in [6.45, 7) is 2.03. The predicted molar refractivity (Wildman–Crippen MR) is 72.7 cm³/mol. The Balaban J connectivity index is 2.04. The van der Waals surface area contributed by atoms with Crippen LogP contribution in [0.25, 0.3) is 5.95 Å². The minimum Gasteiger partial charge on any atom is -0.347 e. The lowest BCUT2D eigenvalue weighted by Crippen LogP contribution is -2.24. The van der Waals surface area contributed by atoms with Gasteiger partial charge >= 0.3 is 0 Å². The first-order chi connectivity index (χ1) is 9.24. The van der Waals surface area contributed by atoms with E-state index in [-0.39, 0.29) is 0 Å². The molecule has 3 rings (SSSR count). The van der Waals surface area contributed by atoms with E-state index in [4.69, 9.17) is 0 Å². The summed E-state index contributed by atoms with van der Waals surface area (Å²) in [4.78, 5) is 21.6. The van der Waals surface area contributed by atoms with Gasteiger partial charge in [-0.15, -0.1) is 0 Å². The van der Waals surface area contributed by atoms with Gasteiger partial charge in [-0.2, -0.15) is 15.0 Å². The molecule has 7 nitrogen and oxygen atoms in total. The van der Waals surface area contributed by atoms with Crippen molar-refractivity contribution in [2.24, 2.45) is 0 Å². The smallest absolute Gasteiger partial charge is 0.241 e. The summed E-state index contributed by atoms with van der Waals surface area (Å²) in [6.07, 6.45) is 7.65. The fraction of sp³-hybridized carbons (Fsp3) is 0.500. The number of hydrogen-bond acceptors (Lipinski definition) is 6. The average molecular weight is 259 g/mol. The topological polar surface area (TPSA) is 63.0 Å². The van der Waals surface area contributed by atoms with Gasteiger partial charge in [0, 0.05) is 39.6 Å². The zero-order valence-electron chi connectivity index (χ0n) is 11.2. The minimum atomic E-state index is 0.609. The maximum absolute atomic E-state index is 4.54. The van der Waals surface area contributed by atoms with Crippen molar-refractivity contribution >= 4 is 11.9 Å². The molecule has 0 unspecified atom stereocenters. The van der Waals surface area contributed by atoms with Crippen LogP contribution in [0.2, 0.25) is 0 Å². The lowest BCUT2D eigenvalue weighted by molar-refractivity contribution is 0.824. The number of hydrogen-bond donors (Lipinski definition) is 0. The van der Waals surface area contributed by atoms with Gasteiger partial charge in [0.05, 0.1) is 0 Å². The van der Waals surface area contributed by atoms with E-state index in [1.54, 1.807) is 17.1 Å². The van der Waals surface area contributed by atoms with Crippen LogP contribution < -0.4 is 9.80 Å². The summed E-state index contributed by atoms with van der Waals surface area (Å²) in [6, 6.07) is 0. The molecule has 19 heavy (non-hydrogen) atoms. The molecule has 7 heteroatoms. The van der Waals surface area contributed by atoms with Gasteiger partial charge in [0.1, 0.15) is 6.33 Å². The summed E-state index contributed by atoms with van der Waals surface area (Å²) in [7, 11) is 3.86. The van der Waals surface area contributed by atoms with Crippen molar-refractivity contribution in [2.75, 3.05) is 37.0 Å². The van der Waals surface area contributed by atoms with E-state index < -0.39 is 0 Å². The third kappa shape index (κ3) is 2.35. The minimum absolute atomic E-state index is 0.609. The molecule has 0 N–H and O–H groups in total. The van der Waals surface area contributed by atoms with Crippen LogP contribution in [0.4, 0.5) is 11.9 Å². The largest absolute Gasteiger partial charge is 0.347 e. The number of rotatable bonds is 3. The molecule has 0 spiro atoms. The zero-order chi connectivity index (χ0) is 13.2. The van der Waals surface area contributed by atoms with Gasteiger partial charge in [0.15, 0.2) is 0 Å². The standard InChI is InChI=1S/C12H17N7/c1-17(2)10-14-11(18-6-3-4-7-18)16-12(15-10)19-8-5-13-9-19/h5,8-9H,3-4,6-7H2,1-2H3. The van der Waals surface area contributed by atoms with Gasteiger partial charge in [0.2, 0.25) is 17.8 Å². The van der Waals surface area contributed by atoms with Crippen LogP contribution in [-0.2, 0) is 0 Å². The SMILES string of the molecule is CN(C)c1nc(N2CCCC2)nc(-n2ccnc2)n1. The second-order valence-electron chi connectivity index (χ2n) is 4.79. The Labute approximate surface area is 111 Å². The number of imidazole rings is 1. The van der Waals surface area contributed by atoms with E-state index in [1.165, 1.54) is 12.8 Å². The molecule has 2 aromatic rings. The molecule has 3 heterocycles. The fourth-order valence-electron chi connectivity index (χ4n) is 2.09. The van der Waals surface area contributed by atoms with Crippen LogP contribution in [0.15, 0.2) is 18.7 Å². The van der Waals surface area contributed by atoms with Gasteiger partial charge in [-0.25, -0.2) is 4.98 Å². The third-order valence-electron chi connectivity index (χ3n) is 3.12. The quantitative estimate of drug-likeness (QED) is 0.809. The molecular formula is C12H17N7. The molecule has 1 saturated heterocycles. The zero-order valence-corrected chi connectivity index (χ0v) is 11.2. The Bertz CT molecular complexity index is 543. The van der Waals surface area contributed by atoms with E-state index in [9.17, 15) is 0 Å². The highest BCUT2D eigenvalue weighted by Gasteiger charge is 2.18. The van der Waals surface area contributed by atoms with Crippen molar-refractivity contribution in [1.82, 2.24) is 24.5 Å². The lowest BCUT2D eigenvalue weighted by Gasteiger charge is -2.18. The monoisotopic (exact) mass is 259 g/mol. The molecular weight excluding hydrogens is 242 g/mol. The molecule has 0 radical (unpaired) electrons. The molecule has 1 aliphatic heterocycles. The Morgan fingerprint density at radius 1 is 1.05 bits per heavy atom. The Morgan fingerprint density at radius 3 is 2.42 bits per heavy atom. The highest BCUT2D eigenvalue weighted by Crippen LogP contribution is 2.19. The van der Waals surface area contributed by atoms with Crippen molar-refractivity contribution in [3.63, 3.8) is 0 Å². The second-order valence-corrected chi connectivity index (χ2v) is 4.79. The van der Waals surface area contributed by atoms with Crippen molar-refractivity contribution in [3.8, 4) is 5.95 Å². The van der Waals surface area contributed by atoms with Crippen molar-refractivity contribution in [3.05, 3.63) is 18.7 Å². The Hall–Kier alpha value is -2.18. The van der Waals surface area contributed by atoms with Crippen LogP contribution in [-0.4, -0.2) is 51.7 Å². The summed E-state index contributed by atoms with van der Waals surface area (Å²) in [5, 5.41) is 0. The van der Waals surface area contributed by atoms with Gasteiger partial charge in [0.25, 0.3) is 0 Å². The highest BCUT2D eigenvalue weighted by atomic mass is 15.4. The fourth-order valence-corrected chi connectivity index (χ4v) is 2.09. The van der Waals surface area contributed by atoms with E-state index in [0.29, 0.717) is 11.9 Å². The molecule has 0 aliphatic carbocycles. The molecule has 0 atom stereocenters. The molecule has 0 amide bonds. The molecule has 0 bridgehead atoms. The van der Waals surface area contributed by atoms with Crippen LogP contribution in [0.3, 0.4) is 0 Å². The van der Waals surface area contributed by atoms with E-state index in [0.717, 1.165) is 19.0 Å². The predicted octanol–water partition coefficient (Wildman–Crippen LogP) is 0.723. The first-order valence-electron chi connectivity index (χ1n) is 6.41. The summed E-state index contributed by atoms with van der Waals surface area (Å²) in [5.74, 6) is 2.03. The number of nitrogens with zero attached hydrogens (tertiary/aromatic N) is 7. The molecule has 0 saturated carbocycles. The van der Waals surface area contributed by atoms with Crippen LogP contribution in [0, 0.1) is 0 Å². The summed E-state index contributed by atoms with van der Waals surface area (Å²) < 4.78 is 1.80. The molecule has 1 fully saturated rings. The normalized spacial score (nSPS) is 14.9. The molecule has 1 aliphatic rings. The summed E-state index contributed by atoms with van der Waals surface area (Å²) >= 11 is 0. The number of anilines is 2. The average Bonchev–Trinajstić information content (AvgIpc) is 3.11. The highest BCUT2D eigenvalue weighted by molar-refractivity contribution is 5.41. The number of aromatic nitrogens is 5. The Kier molecular flexibility index (Phi) is 3.02. The Morgan fingerprint density at radius 2 is 1.79 bits per heavy atom. The molecule has 100 valence electrons. The maximum Gasteiger partial charge on any atom is 0.241 e. The van der Waals surface area contributed by atoms with E-state index in [1.807, 2.05) is 25.2 Å². The van der Waals surface area contributed by atoms with Crippen molar-refractivity contribution < 1.29 is 0 Å². The molecule has 0 aromatic carbocycles. The maximum atomic E-state index is 4.54. The molecule has 2 aromatic heterocycles. The summed E-state index contributed by atoms with van der Waals surface area (Å²) in [5.41, 5.74) is 0. The van der Waals surface area contributed by atoms with E-state index in [2.05, 4.69) is 24.8 Å². The van der Waals surface area contributed by atoms with Gasteiger partial charge in [-0.1, -0.05) is 0 Å². The van der Waals surface area contributed by atoms with Gasteiger partial charge in [-0.05, 0) is 12.8 Å². The first kappa shape index (κ1) is 11.9. The van der Waals surface area contributed by atoms with E-state index >= 15 is 0 Å². The first-order valence-corrected chi connectivity index (χ1v) is 6.41. The van der Waals surface area contributed by atoms with Crippen molar-refractivity contribution in [2.45, 2.75) is 12.8 Å². The van der Waals surface area contributed by atoms with Crippen molar-refractivity contribution in [1.29, 1.82) is 0 Å². The third-order valence-corrected chi connectivity index (χ3v) is 3.12. The van der Waals surface area contributed by atoms with Crippen LogP contribution >= 0.6 is 0 Å². The van der Waals surface area contributed by atoms with Crippen LogP contribution in [0.1, 0.15) is 12.8 Å². The van der Waals surface area contributed by atoms with Gasteiger partial charge in [-0.3, -0.25) is 4.57 Å². The van der Waals surface area contributed by atoms with Gasteiger partial charge < -0.3 is 9.80 Å². The van der Waals surface area contributed by atoms with Crippen LogP contribution in [0.5, 0.6) is 0 Å².